The smallest absolute Gasteiger partial charge is 0.235 e. The molecule has 1 amide bonds. The van der Waals surface area contributed by atoms with Crippen LogP contribution in [0.3, 0.4) is 0 Å². The summed E-state index contributed by atoms with van der Waals surface area (Å²) in [6.45, 7) is 0. The molecule has 0 bridgehead atoms. The van der Waals surface area contributed by atoms with Gasteiger partial charge in [-0.05, 0) is 30.2 Å². The van der Waals surface area contributed by atoms with Crippen LogP contribution in [0.1, 0.15) is 5.56 Å². The fourth-order valence-electron chi connectivity index (χ4n) is 1.04. The van der Waals surface area contributed by atoms with Crippen LogP contribution >= 0.6 is 27.5 Å². The van der Waals surface area contributed by atoms with Crippen LogP contribution in [0, 0.1) is 5.82 Å². The number of amides is 1. The summed E-state index contributed by atoms with van der Waals surface area (Å²) < 4.78 is 13.5. The number of alkyl halides is 1. The van der Waals surface area contributed by atoms with Gasteiger partial charge in [0.15, 0.2) is 0 Å². The summed E-state index contributed by atoms with van der Waals surface area (Å²) in [5.74, 6) is -0.977. The fraction of sp³-hybridized carbons (Fsp3) is 0.222. The summed E-state index contributed by atoms with van der Waals surface area (Å²) in [7, 11) is 0. The van der Waals surface area contributed by atoms with Crippen molar-refractivity contribution in [1.29, 1.82) is 0 Å². The minimum Gasteiger partial charge on any atom is -0.368 e. The molecule has 1 atom stereocenters. The van der Waals surface area contributed by atoms with Gasteiger partial charge in [-0.25, -0.2) is 4.39 Å². The Kier molecular flexibility index (Phi) is 3.89. The van der Waals surface area contributed by atoms with Crippen LogP contribution in [0.2, 0.25) is 0 Å². The Morgan fingerprint density at radius 2 is 2.21 bits per heavy atom. The second kappa shape index (κ2) is 4.75. The second-order valence-corrected chi connectivity index (χ2v) is 4.29. The van der Waals surface area contributed by atoms with Gasteiger partial charge in [0.25, 0.3) is 0 Å². The van der Waals surface area contributed by atoms with E-state index in [4.69, 9.17) is 17.3 Å². The number of primary amides is 1. The Labute approximate surface area is 94.4 Å². The molecule has 0 aliphatic rings. The van der Waals surface area contributed by atoms with Gasteiger partial charge in [-0.15, -0.1) is 11.6 Å². The highest BCUT2D eigenvalue weighted by atomic mass is 79.9. The minimum absolute atomic E-state index is 0.229. The highest BCUT2D eigenvalue weighted by Crippen LogP contribution is 2.17. The number of halogens is 3. The van der Waals surface area contributed by atoms with Crippen molar-refractivity contribution in [1.82, 2.24) is 0 Å². The first-order chi connectivity index (χ1) is 6.49. The number of benzene rings is 1. The molecule has 2 nitrogen and oxygen atoms in total. The van der Waals surface area contributed by atoms with Crippen LogP contribution in [-0.4, -0.2) is 11.3 Å². The van der Waals surface area contributed by atoms with Crippen LogP contribution < -0.4 is 5.73 Å². The van der Waals surface area contributed by atoms with Crippen molar-refractivity contribution >= 4 is 33.4 Å². The van der Waals surface area contributed by atoms with Crippen LogP contribution in [0.25, 0.3) is 0 Å². The molecule has 1 rings (SSSR count). The van der Waals surface area contributed by atoms with Crippen molar-refractivity contribution in [2.24, 2.45) is 5.73 Å². The van der Waals surface area contributed by atoms with Crippen molar-refractivity contribution < 1.29 is 9.18 Å². The maximum absolute atomic E-state index is 12.9. The van der Waals surface area contributed by atoms with E-state index in [0.717, 1.165) is 0 Å². The molecule has 0 aliphatic carbocycles. The lowest BCUT2D eigenvalue weighted by molar-refractivity contribution is -0.117. The third kappa shape index (κ3) is 3.27. The normalized spacial score (nSPS) is 12.5. The molecule has 0 heterocycles. The predicted molar refractivity (Wildman–Crippen MR) is 56.6 cm³/mol. The third-order valence-corrected chi connectivity index (χ3v) is 2.47. The van der Waals surface area contributed by atoms with E-state index >= 15 is 0 Å². The zero-order chi connectivity index (χ0) is 10.7. The molecule has 0 fully saturated rings. The molecule has 0 aliphatic heterocycles. The van der Waals surface area contributed by atoms with E-state index in [9.17, 15) is 9.18 Å². The van der Waals surface area contributed by atoms with E-state index in [1.54, 1.807) is 6.07 Å². The Morgan fingerprint density at radius 3 is 2.71 bits per heavy atom. The minimum atomic E-state index is -0.802. The van der Waals surface area contributed by atoms with Crippen LogP contribution in [0.5, 0.6) is 0 Å². The number of rotatable bonds is 3. The third-order valence-electron chi connectivity index (χ3n) is 1.65. The SMILES string of the molecule is NC(=O)C(Cl)Cc1cc(F)cc(Br)c1. The average molecular weight is 281 g/mol. The standard InChI is InChI=1S/C9H8BrClFNO/c10-6-1-5(2-7(12)4-6)3-8(11)9(13)14/h1-2,4,8H,3H2,(H2,13,14). The summed E-state index contributed by atoms with van der Waals surface area (Å²) in [6.07, 6.45) is 0.229. The number of carbonyl (C=O) groups is 1. The molecule has 14 heavy (non-hydrogen) atoms. The lowest BCUT2D eigenvalue weighted by atomic mass is 10.1. The van der Waals surface area contributed by atoms with Crippen molar-refractivity contribution in [3.8, 4) is 0 Å². The summed E-state index contributed by atoms with van der Waals surface area (Å²) >= 11 is 8.78. The van der Waals surface area contributed by atoms with Crippen LogP contribution in [-0.2, 0) is 11.2 Å². The van der Waals surface area contributed by atoms with Crippen molar-refractivity contribution in [3.05, 3.63) is 34.1 Å². The molecule has 0 radical (unpaired) electrons. The lowest BCUT2D eigenvalue weighted by Crippen LogP contribution is -2.25. The predicted octanol–water partition coefficient (Wildman–Crippen LogP) is 2.22. The van der Waals surface area contributed by atoms with E-state index in [2.05, 4.69) is 15.9 Å². The summed E-state index contributed by atoms with van der Waals surface area (Å²) in [4.78, 5) is 10.7. The summed E-state index contributed by atoms with van der Waals surface area (Å²) in [5, 5.41) is -0.802. The van der Waals surface area contributed by atoms with Gasteiger partial charge < -0.3 is 5.73 Å². The molecule has 1 unspecified atom stereocenters. The fourth-order valence-corrected chi connectivity index (χ4v) is 1.73. The molecule has 5 heteroatoms. The van der Waals surface area contributed by atoms with Crippen LogP contribution in [0.4, 0.5) is 4.39 Å². The van der Waals surface area contributed by atoms with E-state index in [1.807, 2.05) is 0 Å². The Bertz CT molecular complexity index is 338. The van der Waals surface area contributed by atoms with Gasteiger partial charge in [-0.3, -0.25) is 4.79 Å². The molecule has 2 N–H and O–H groups in total. The van der Waals surface area contributed by atoms with Gasteiger partial charge in [0.2, 0.25) is 5.91 Å². The molecule has 76 valence electrons. The maximum atomic E-state index is 12.9. The van der Waals surface area contributed by atoms with Gasteiger partial charge in [0.05, 0.1) is 0 Å². The quantitative estimate of drug-likeness (QED) is 0.848. The maximum Gasteiger partial charge on any atom is 0.235 e. The molecular weight excluding hydrogens is 272 g/mol. The highest BCUT2D eigenvalue weighted by molar-refractivity contribution is 9.10. The van der Waals surface area contributed by atoms with Crippen LogP contribution in [0.15, 0.2) is 22.7 Å². The first kappa shape index (κ1) is 11.5. The van der Waals surface area contributed by atoms with E-state index in [1.165, 1.54) is 12.1 Å². The largest absolute Gasteiger partial charge is 0.368 e. The number of nitrogens with two attached hydrogens (primary N) is 1. The summed E-state index contributed by atoms with van der Waals surface area (Å²) in [6, 6.07) is 4.35. The van der Waals surface area contributed by atoms with Crippen molar-refractivity contribution in [2.45, 2.75) is 11.8 Å². The summed E-state index contributed by atoms with van der Waals surface area (Å²) in [5.41, 5.74) is 5.62. The van der Waals surface area contributed by atoms with Gasteiger partial charge in [0, 0.05) is 4.47 Å². The monoisotopic (exact) mass is 279 g/mol. The number of hydrogen-bond acceptors (Lipinski definition) is 1. The first-order valence-electron chi connectivity index (χ1n) is 3.87. The number of hydrogen-bond donors (Lipinski definition) is 1. The Morgan fingerprint density at radius 1 is 1.57 bits per heavy atom. The first-order valence-corrected chi connectivity index (χ1v) is 5.10. The van der Waals surface area contributed by atoms with E-state index in [0.29, 0.717) is 10.0 Å². The lowest BCUT2D eigenvalue weighted by Gasteiger charge is -2.05. The topological polar surface area (TPSA) is 43.1 Å². The average Bonchev–Trinajstić information content (AvgIpc) is 2.01. The van der Waals surface area contributed by atoms with Gasteiger partial charge in [-0.2, -0.15) is 0 Å². The number of carbonyl (C=O) groups excluding carboxylic acids is 1. The zero-order valence-corrected chi connectivity index (χ0v) is 9.48. The zero-order valence-electron chi connectivity index (χ0n) is 7.14. The molecule has 0 aromatic heterocycles. The van der Waals surface area contributed by atoms with Gasteiger partial charge in [0.1, 0.15) is 11.2 Å². The Hall–Kier alpha value is -0.610. The van der Waals surface area contributed by atoms with E-state index < -0.39 is 11.3 Å². The molecule has 0 spiro atoms. The second-order valence-electron chi connectivity index (χ2n) is 2.85. The molecule has 1 aromatic carbocycles. The molecule has 0 saturated heterocycles. The molecule has 0 saturated carbocycles. The highest BCUT2D eigenvalue weighted by Gasteiger charge is 2.12. The van der Waals surface area contributed by atoms with E-state index in [-0.39, 0.29) is 12.2 Å². The van der Waals surface area contributed by atoms with Crippen molar-refractivity contribution in [2.75, 3.05) is 0 Å². The Balaban J connectivity index is 2.81. The van der Waals surface area contributed by atoms with Crippen molar-refractivity contribution in [3.63, 3.8) is 0 Å². The van der Waals surface area contributed by atoms with Gasteiger partial charge in [-0.1, -0.05) is 15.9 Å². The molecule has 1 aromatic rings. The van der Waals surface area contributed by atoms with Gasteiger partial charge >= 0.3 is 0 Å². The molecular formula is C9H8BrClFNO.